The van der Waals surface area contributed by atoms with Crippen LogP contribution in [0.2, 0.25) is 5.02 Å². The van der Waals surface area contributed by atoms with Crippen LogP contribution >= 0.6 is 27.5 Å². The Balaban J connectivity index is 2.00. The fourth-order valence-electron chi connectivity index (χ4n) is 1.36. The van der Waals surface area contributed by atoms with Crippen LogP contribution in [0.5, 0.6) is 0 Å². The van der Waals surface area contributed by atoms with Gasteiger partial charge in [0.05, 0.1) is 21.7 Å². The maximum Gasteiger partial charge on any atom is 0.252 e. The minimum atomic E-state index is 0.313. The van der Waals surface area contributed by atoms with Crippen molar-refractivity contribution in [2.45, 2.75) is 13.2 Å². The summed E-state index contributed by atoms with van der Waals surface area (Å²) in [5.41, 5.74) is 0.876. The number of anilines is 1. The summed E-state index contributed by atoms with van der Waals surface area (Å²) in [6, 6.07) is 5.58. The fraction of sp³-hybridized carbons (Fsp3) is 0.273. The largest absolute Gasteiger partial charge is 0.377 e. The van der Waals surface area contributed by atoms with Gasteiger partial charge in [0.25, 0.3) is 5.89 Å². The van der Waals surface area contributed by atoms with Crippen molar-refractivity contribution < 1.29 is 9.26 Å². The van der Waals surface area contributed by atoms with Gasteiger partial charge in [-0.1, -0.05) is 22.8 Å². The van der Waals surface area contributed by atoms with Crippen molar-refractivity contribution in [3.63, 3.8) is 0 Å². The van der Waals surface area contributed by atoms with Crippen molar-refractivity contribution in [3.05, 3.63) is 39.4 Å². The summed E-state index contributed by atoms with van der Waals surface area (Å²) in [4.78, 5) is 4.15. The number of rotatable bonds is 5. The number of aromatic nitrogens is 2. The predicted octanol–water partition coefficient (Wildman–Crippen LogP) is 3.24. The van der Waals surface area contributed by atoms with Gasteiger partial charge < -0.3 is 14.6 Å². The number of nitrogens with zero attached hydrogens (tertiary/aromatic N) is 2. The Morgan fingerprint density at radius 1 is 1.50 bits per heavy atom. The minimum Gasteiger partial charge on any atom is -0.377 e. The molecule has 5 nitrogen and oxygen atoms in total. The summed E-state index contributed by atoms with van der Waals surface area (Å²) in [7, 11) is 1.57. The highest BCUT2D eigenvalue weighted by Crippen LogP contribution is 2.30. The Labute approximate surface area is 118 Å². The Morgan fingerprint density at radius 2 is 2.33 bits per heavy atom. The molecule has 0 atom stereocenters. The summed E-state index contributed by atoms with van der Waals surface area (Å²) in [6.45, 7) is 0.764. The second-order valence-corrected chi connectivity index (χ2v) is 4.69. The van der Waals surface area contributed by atoms with E-state index in [1.165, 1.54) is 0 Å². The molecular weight excluding hydrogens is 321 g/mol. The van der Waals surface area contributed by atoms with Crippen LogP contribution in [-0.2, 0) is 17.9 Å². The number of nitrogens with one attached hydrogen (secondary N) is 1. The van der Waals surface area contributed by atoms with Crippen LogP contribution in [0.1, 0.15) is 11.7 Å². The van der Waals surface area contributed by atoms with Crippen molar-refractivity contribution >= 4 is 33.2 Å². The first-order valence-electron chi connectivity index (χ1n) is 5.19. The molecular formula is C11H11BrClN3O2. The van der Waals surface area contributed by atoms with Crippen molar-refractivity contribution in [2.75, 3.05) is 12.4 Å². The van der Waals surface area contributed by atoms with E-state index < -0.39 is 0 Å². The summed E-state index contributed by atoms with van der Waals surface area (Å²) in [6.07, 6.45) is 0. The molecule has 0 amide bonds. The molecule has 1 aromatic carbocycles. The topological polar surface area (TPSA) is 60.2 Å². The summed E-state index contributed by atoms with van der Waals surface area (Å²) in [5, 5.41) is 7.64. The summed E-state index contributed by atoms with van der Waals surface area (Å²) in [5.74, 6) is 1.02. The van der Waals surface area contributed by atoms with Crippen LogP contribution < -0.4 is 5.32 Å². The molecule has 0 aliphatic carbocycles. The minimum absolute atomic E-state index is 0.313. The van der Waals surface area contributed by atoms with Gasteiger partial charge in [-0.15, -0.1) is 0 Å². The maximum atomic E-state index is 5.99. The van der Waals surface area contributed by atoms with Crippen molar-refractivity contribution in [1.29, 1.82) is 0 Å². The van der Waals surface area contributed by atoms with E-state index in [1.807, 2.05) is 18.2 Å². The third-order valence-electron chi connectivity index (χ3n) is 2.17. The van der Waals surface area contributed by atoms with Crippen molar-refractivity contribution in [3.8, 4) is 0 Å². The zero-order chi connectivity index (χ0) is 13.0. The molecule has 0 saturated carbocycles. The Hall–Kier alpha value is -1.11. The molecule has 96 valence electrons. The van der Waals surface area contributed by atoms with Gasteiger partial charge in [-0.2, -0.15) is 4.98 Å². The average molecular weight is 333 g/mol. The van der Waals surface area contributed by atoms with Gasteiger partial charge >= 0.3 is 0 Å². The van der Waals surface area contributed by atoms with Crippen LogP contribution in [0.4, 0.5) is 5.69 Å². The van der Waals surface area contributed by atoms with Crippen molar-refractivity contribution in [2.24, 2.45) is 0 Å². The van der Waals surface area contributed by atoms with Crippen molar-refractivity contribution in [1.82, 2.24) is 10.1 Å². The van der Waals surface area contributed by atoms with E-state index in [4.69, 9.17) is 20.9 Å². The molecule has 0 aliphatic heterocycles. The Morgan fingerprint density at radius 3 is 3.11 bits per heavy atom. The van der Waals surface area contributed by atoms with Crippen LogP contribution in [0.3, 0.4) is 0 Å². The molecule has 0 aliphatic rings. The monoisotopic (exact) mass is 331 g/mol. The quantitative estimate of drug-likeness (QED) is 0.911. The second kappa shape index (κ2) is 6.17. The maximum absolute atomic E-state index is 5.99. The highest BCUT2D eigenvalue weighted by Gasteiger charge is 2.07. The van der Waals surface area contributed by atoms with Crippen LogP contribution in [0, 0.1) is 0 Å². The number of benzene rings is 1. The van der Waals surface area contributed by atoms with Gasteiger partial charge in [-0.05, 0) is 28.1 Å². The first-order chi connectivity index (χ1) is 8.70. The van der Waals surface area contributed by atoms with E-state index in [2.05, 4.69) is 31.4 Å². The number of methoxy groups -OCH3 is 1. The molecule has 18 heavy (non-hydrogen) atoms. The smallest absolute Gasteiger partial charge is 0.252 e. The lowest BCUT2D eigenvalue weighted by Crippen LogP contribution is -2.02. The lowest BCUT2D eigenvalue weighted by molar-refractivity contribution is 0.151. The zero-order valence-corrected chi connectivity index (χ0v) is 12.0. The molecule has 0 bridgehead atoms. The third-order valence-corrected chi connectivity index (χ3v) is 3.56. The van der Waals surface area contributed by atoms with E-state index in [1.54, 1.807) is 7.11 Å². The summed E-state index contributed by atoms with van der Waals surface area (Å²) >= 11 is 9.39. The molecule has 1 aromatic heterocycles. The van der Waals surface area contributed by atoms with Crippen LogP contribution in [0.25, 0.3) is 0 Å². The molecule has 1 heterocycles. The van der Waals surface area contributed by atoms with Gasteiger partial charge in [0.15, 0.2) is 5.82 Å². The van der Waals surface area contributed by atoms with Gasteiger partial charge in [0, 0.05) is 7.11 Å². The Kier molecular flexibility index (Phi) is 4.57. The molecule has 0 unspecified atom stereocenters. The zero-order valence-electron chi connectivity index (χ0n) is 9.61. The van der Waals surface area contributed by atoms with E-state index >= 15 is 0 Å². The number of hydrogen-bond acceptors (Lipinski definition) is 5. The Bertz CT molecular complexity index is 533. The predicted molar refractivity (Wildman–Crippen MR) is 71.5 cm³/mol. The summed E-state index contributed by atoms with van der Waals surface area (Å²) < 4.78 is 10.7. The van der Waals surface area contributed by atoms with E-state index in [0.29, 0.717) is 29.9 Å². The average Bonchev–Trinajstić information content (AvgIpc) is 2.79. The normalized spacial score (nSPS) is 10.6. The standard InChI is InChI=1S/C11H11BrClN3O2/c1-17-6-10-15-9(16-18-10)5-14-8-4-2-3-7(13)11(8)12/h2-4,14H,5-6H2,1H3. The molecule has 0 fully saturated rings. The molecule has 0 saturated heterocycles. The van der Waals surface area contributed by atoms with Gasteiger partial charge in [-0.25, -0.2) is 0 Å². The molecule has 1 N–H and O–H groups in total. The molecule has 0 spiro atoms. The fourth-order valence-corrected chi connectivity index (χ4v) is 1.94. The number of halogens is 2. The van der Waals surface area contributed by atoms with Crippen LogP contribution in [-0.4, -0.2) is 17.3 Å². The van der Waals surface area contributed by atoms with E-state index in [9.17, 15) is 0 Å². The van der Waals surface area contributed by atoms with Crippen LogP contribution in [0.15, 0.2) is 27.2 Å². The third kappa shape index (κ3) is 3.22. The highest BCUT2D eigenvalue weighted by atomic mass is 79.9. The lowest BCUT2D eigenvalue weighted by atomic mass is 10.3. The first kappa shape index (κ1) is 13.3. The van der Waals surface area contributed by atoms with Gasteiger partial charge in [-0.3, -0.25) is 0 Å². The van der Waals surface area contributed by atoms with E-state index in [-0.39, 0.29) is 0 Å². The molecule has 7 heteroatoms. The van der Waals surface area contributed by atoms with Gasteiger partial charge in [0.1, 0.15) is 6.61 Å². The van der Waals surface area contributed by atoms with Gasteiger partial charge in [0.2, 0.25) is 0 Å². The SMILES string of the molecule is COCc1nc(CNc2cccc(Cl)c2Br)no1. The van der Waals surface area contributed by atoms with E-state index in [0.717, 1.165) is 10.2 Å². The molecule has 0 radical (unpaired) electrons. The lowest BCUT2D eigenvalue weighted by Gasteiger charge is -2.06. The number of ether oxygens (including phenoxy) is 1. The molecule has 2 aromatic rings. The first-order valence-corrected chi connectivity index (χ1v) is 6.36. The number of hydrogen-bond donors (Lipinski definition) is 1. The highest BCUT2D eigenvalue weighted by molar-refractivity contribution is 9.10. The second-order valence-electron chi connectivity index (χ2n) is 3.49. The molecule has 2 rings (SSSR count).